The van der Waals surface area contributed by atoms with E-state index >= 15 is 0 Å². The Kier molecular flexibility index (Phi) is 2.68. The molecular formula is C11H14N2O2. The van der Waals surface area contributed by atoms with Gasteiger partial charge in [-0.2, -0.15) is 0 Å². The summed E-state index contributed by atoms with van der Waals surface area (Å²) in [6, 6.07) is 3.35. The van der Waals surface area contributed by atoms with E-state index in [2.05, 4.69) is 4.98 Å². The monoisotopic (exact) mass is 206 g/mol. The van der Waals surface area contributed by atoms with Gasteiger partial charge in [0.15, 0.2) is 0 Å². The summed E-state index contributed by atoms with van der Waals surface area (Å²) in [5.74, 6) is -0.508. The van der Waals surface area contributed by atoms with Crippen molar-refractivity contribution in [2.24, 2.45) is 5.73 Å². The van der Waals surface area contributed by atoms with Crippen LogP contribution in [0, 0.1) is 0 Å². The molecule has 1 saturated carbocycles. The number of amides is 1. The summed E-state index contributed by atoms with van der Waals surface area (Å²) in [4.78, 5) is 15.4. The molecule has 0 unspecified atom stereocenters. The van der Waals surface area contributed by atoms with Crippen LogP contribution in [0.25, 0.3) is 0 Å². The molecule has 0 spiro atoms. The van der Waals surface area contributed by atoms with E-state index in [0.717, 1.165) is 19.3 Å². The standard InChI is InChI=1S/C11H14N2O2/c12-11(15)8-4-2-6-13-10(8)7-3-1-5-9(7)14/h2,4,6-7,9,14H,1,3,5H2,(H2,12,15)/t7-,9-/m0/s1. The van der Waals surface area contributed by atoms with E-state index in [4.69, 9.17) is 5.73 Å². The number of hydrogen-bond donors (Lipinski definition) is 2. The van der Waals surface area contributed by atoms with Crippen LogP contribution in [0.1, 0.15) is 41.2 Å². The number of hydrogen-bond acceptors (Lipinski definition) is 3. The van der Waals surface area contributed by atoms with Crippen molar-refractivity contribution in [3.8, 4) is 0 Å². The van der Waals surface area contributed by atoms with Gasteiger partial charge in [0.05, 0.1) is 17.4 Å². The van der Waals surface area contributed by atoms with Gasteiger partial charge in [-0.25, -0.2) is 0 Å². The van der Waals surface area contributed by atoms with Crippen molar-refractivity contribution >= 4 is 5.91 Å². The highest BCUT2D eigenvalue weighted by Crippen LogP contribution is 2.34. The molecule has 0 radical (unpaired) electrons. The third kappa shape index (κ3) is 1.85. The van der Waals surface area contributed by atoms with E-state index in [1.807, 2.05) is 0 Å². The van der Waals surface area contributed by atoms with Gasteiger partial charge in [-0.3, -0.25) is 9.78 Å². The summed E-state index contributed by atoms with van der Waals surface area (Å²) in [5, 5.41) is 9.76. The highest BCUT2D eigenvalue weighted by Gasteiger charge is 2.30. The Bertz CT molecular complexity index is 379. The van der Waals surface area contributed by atoms with Crippen LogP contribution in [0.5, 0.6) is 0 Å². The maximum absolute atomic E-state index is 11.2. The number of aliphatic hydroxyl groups excluding tert-OH is 1. The molecule has 1 aromatic rings. The Morgan fingerprint density at radius 3 is 2.93 bits per heavy atom. The Morgan fingerprint density at radius 2 is 2.33 bits per heavy atom. The minimum Gasteiger partial charge on any atom is -0.392 e. The van der Waals surface area contributed by atoms with Crippen LogP contribution >= 0.6 is 0 Å². The molecule has 2 atom stereocenters. The minimum absolute atomic E-state index is 0.0336. The smallest absolute Gasteiger partial charge is 0.250 e. The maximum atomic E-state index is 11.2. The maximum Gasteiger partial charge on any atom is 0.250 e. The van der Waals surface area contributed by atoms with Crippen molar-refractivity contribution in [3.63, 3.8) is 0 Å². The molecule has 1 aliphatic rings. The number of rotatable bonds is 2. The van der Waals surface area contributed by atoms with Crippen molar-refractivity contribution in [1.82, 2.24) is 4.98 Å². The number of primary amides is 1. The summed E-state index contributed by atoms with van der Waals surface area (Å²) < 4.78 is 0. The predicted molar refractivity (Wildman–Crippen MR) is 55.4 cm³/mol. The van der Waals surface area contributed by atoms with Crippen LogP contribution in [0.15, 0.2) is 18.3 Å². The van der Waals surface area contributed by atoms with E-state index in [1.165, 1.54) is 0 Å². The third-order valence-corrected chi connectivity index (χ3v) is 2.93. The number of nitrogens with zero attached hydrogens (tertiary/aromatic N) is 1. The summed E-state index contributed by atoms with van der Waals surface area (Å²) >= 11 is 0. The summed E-state index contributed by atoms with van der Waals surface area (Å²) in [7, 11) is 0. The molecule has 4 nitrogen and oxygen atoms in total. The molecule has 0 saturated heterocycles. The zero-order chi connectivity index (χ0) is 10.8. The van der Waals surface area contributed by atoms with Crippen LogP contribution in [-0.2, 0) is 0 Å². The molecule has 1 fully saturated rings. The number of carbonyl (C=O) groups excluding carboxylic acids is 1. The molecule has 4 heteroatoms. The largest absolute Gasteiger partial charge is 0.392 e. The van der Waals surface area contributed by atoms with Gasteiger partial charge in [0.1, 0.15) is 0 Å². The number of pyridine rings is 1. The summed E-state index contributed by atoms with van der Waals surface area (Å²) in [6.45, 7) is 0. The van der Waals surface area contributed by atoms with Gasteiger partial charge < -0.3 is 10.8 Å². The summed E-state index contributed by atoms with van der Waals surface area (Å²) in [6.07, 6.45) is 3.86. The van der Waals surface area contributed by atoms with Gasteiger partial charge in [0.2, 0.25) is 0 Å². The van der Waals surface area contributed by atoms with Crippen LogP contribution < -0.4 is 5.73 Å². The molecule has 1 amide bonds. The molecule has 2 rings (SSSR count). The van der Waals surface area contributed by atoms with Gasteiger partial charge in [0, 0.05) is 12.1 Å². The summed E-state index contributed by atoms with van der Waals surface area (Å²) in [5.41, 5.74) is 6.35. The van der Waals surface area contributed by atoms with Crippen molar-refractivity contribution in [2.45, 2.75) is 31.3 Å². The van der Waals surface area contributed by atoms with Gasteiger partial charge in [0.25, 0.3) is 5.91 Å². The first kappa shape index (κ1) is 10.1. The number of aliphatic hydroxyl groups is 1. The van der Waals surface area contributed by atoms with E-state index in [0.29, 0.717) is 11.3 Å². The zero-order valence-electron chi connectivity index (χ0n) is 8.39. The van der Waals surface area contributed by atoms with Gasteiger partial charge in [-0.15, -0.1) is 0 Å². The lowest BCUT2D eigenvalue weighted by Gasteiger charge is -2.15. The number of nitrogens with two attached hydrogens (primary N) is 1. The van der Waals surface area contributed by atoms with E-state index in [1.54, 1.807) is 18.3 Å². The average Bonchev–Trinajstić information content (AvgIpc) is 2.64. The van der Waals surface area contributed by atoms with Gasteiger partial charge in [-0.1, -0.05) is 6.42 Å². The Morgan fingerprint density at radius 1 is 1.53 bits per heavy atom. The highest BCUT2D eigenvalue weighted by molar-refractivity contribution is 5.94. The minimum atomic E-state index is -0.475. The molecule has 1 aliphatic carbocycles. The lowest BCUT2D eigenvalue weighted by molar-refractivity contribution is 0.0996. The first-order valence-electron chi connectivity index (χ1n) is 5.13. The fourth-order valence-corrected chi connectivity index (χ4v) is 2.18. The lowest BCUT2D eigenvalue weighted by Crippen LogP contribution is -2.20. The molecule has 0 bridgehead atoms. The van der Waals surface area contributed by atoms with Crippen molar-refractivity contribution in [3.05, 3.63) is 29.6 Å². The Labute approximate surface area is 88.1 Å². The number of carbonyl (C=O) groups is 1. The molecule has 3 N–H and O–H groups in total. The second-order valence-electron chi connectivity index (χ2n) is 3.91. The molecule has 0 aliphatic heterocycles. The second kappa shape index (κ2) is 3.98. The zero-order valence-corrected chi connectivity index (χ0v) is 8.39. The SMILES string of the molecule is NC(=O)c1cccnc1[C@H]1CCC[C@@H]1O. The van der Waals surface area contributed by atoms with Crippen LogP contribution in [0.4, 0.5) is 0 Å². The quantitative estimate of drug-likeness (QED) is 0.751. The topological polar surface area (TPSA) is 76.2 Å². The average molecular weight is 206 g/mol. The van der Waals surface area contributed by atoms with Crippen molar-refractivity contribution < 1.29 is 9.90 Å². The second-order valence-corrected chi connectivity index (χ2v) is 3.91. The van der Waals surface area contributed by atoms with Crippen LogP contribution in [-0.4, -0.2) is 22.1 Å². The van der Waals surface area contributed by atoms with Crippen molar-refractivity contribution in [2.75, 3.05) is 0 Å². The third-order valence-electron chi connectivity index (χ3n) is 2.93. The highest BCUT2D eigenvalue weighted by atomic mass is 16.3. The molecule has 1 heterocycles. The number of aromatic nitrogens is 1. The van der Waals surface area contributed by atoms with Crippen LogP contribution in [0.3, 0.4) is 0 Å². The Balaban J connectivity index is 2.38. The van der Waals surface area contributed by atoms with Gasteiger partial charge in [-0.05, 0) is 25.0 Å². The first-order valence-corrected chi connectivity index (χ1v) is 5.13. The van der Waals surface area contributed by atoms with Gasteiger partial charge >= 0.3 is 0 Å². The van der Waals surface area contributed by atoms with E-state index in [-0.39, 0.29) is 5.92 Å². The normalized spacial score (nSPS) is 25.4. The van der Waals surface area contributed by atoms with Crippen LogP contribution in [0.2, 0.25) is 0 Å². The lowest BCUT2D eigenvalue weighted by atomic mass is 9.96. The molecule has 80 valence electrons. The van der Waals surface area contributed by atoms with Crippen molar-refractivity contribution in [1.29, 1.82) is 0 Å². The predicted octanol–water partition coefficient (Wildman–Crippen LogP) is 0.809. The first-order chi connectivity index (χ1) is 7.20. The molecule has 1 aromatic heterocycles. The molecule has 15 heavy (non-hydrogen) atoms. The molecular weight excluding hydrogens is 192 g/mol. The molecule has 0 aromatic carbocycles. The van der Waals surface area contributed by atoms with E-state index in [9.17, 15) is 9.90 Å². The van der Waals surface area contributed by atoms with E-state index < -0.39 is 12.0 Å². The fourth-order valence-electron chi connectivity index (χ4n) is 2.18. The fraction of sp³-hybridized carbons (Fsp3) is 0.455. The Hall–Kier alpha value is -1.42.